The van der Waals surface area contributed by atoms with Crippen molar-refractivity contribution in [2.24, 2.45) is 11.7 Å². The van der Waals surface area contributed by atoms with E-state index in [0.29, 0.717) is 18.4 Å². The van der Waals surface area contributed by atoms with Crippen LogP contribution in [0.2, 0.25) is 0 Å². The molecular weight excluding hydrogens is 224 g/mol. The third-order valence-electron chi connectivity index (χ3n) is 3.66. The summed E-state index contributed by atoms with van der Waals surface area (Å²) in [7, 11) is 2.17. The number of aromatic nitrogens is 2. The molecule has 100 valence electrons. The normalized spacial score (nSPS) is 22.3. The van der Waals surface area contributed by atoms with Crippen LogP contribution in [0, 0.1) is 12.8 Å². The second-order valence-electron chi connectivity index (χ2n) is 5.64. The van der Waals surface area contributed by atoms with E-state index in [0.717, 1.165) is 24.5 Å². The van der Waals surface area contributed by atoms with Crippen molar-refractivity contribution in [1.29, 1.82) is 0 Å². The predicted octanol–water partition coefficient (Wildman–Crippen LogP) is 1.34. The van der Waals surface area contributed by atoms with Gasteiger partial charge in [-0.3, -0.25) is 0 Å². The van der Waals surface area contributed by atoms with E-state index in [2.05, 4.69) is 36.8 Å². The molecule has 18 heavy (non-hydrogen) atoms. The van der Waals surface area contributed by atoms with E-state index in [1.165, 1.54) is 18.7 Å². The summed E-state index contributed by atoms with van der Waals surface area (Å²) in [6.45, 7) is 7.18. The quantitative estimate of drug-likeness (QED) is 0.873. The van der Waals surface area contributed by atoms with Crippen molar-refractivity contribution < 1.29 is 0 Å². The fourth-order valence-corrected chi connectivity index (χ4v) is 2.53. The van der Waals surface area contributed by atoms with E-state index < -0.39 is 0 Å². The Morgan fingerprint density at radius 2 is 2.28 bits per heavy atom. The second-order valence-corrected chi connectivity index (χ2v) is 5.64. The van der Waals surface area contributed by atoms with Gasteiger partial charge >= 0.3 is 0 Å². The molecule has 2 heterocycles. The van der Waals surface area contributed by atoms with Gasteiger partial charge in [0.2, 0.25) is 0 Å². The summed E-state index contributed by atoms with van der Waals surface area (Å²) in [6.07, 6.45) is 2.09. The lowest BCUT2D eigenvalue weighted by molar-refractivity contribution is 0.410. The minimum Gasteiger partial charge on any atom is -0.330 e. The smallest absolute Gasteiger partial charge is 0.129 e. The molecule has 2 unspecified atom stereocenters. The van der Waals surface area contributed by atoms with Gasteiger partial charge in [-0.05, 0) is 45.5 Å². The number of likely N-dealkylation sites (N-methyl/N-ethyl adjacent to an activating group) is 1. The van der Waals surface area contributed by atoms with Crippen molar-refractivity contribution in [2.45, 2.75) is 32.6 Å². The summed E-state index contributed by atoms with van der Waals surface area (Å²) < 4.78 is 0. The Labute approximate surface area is 110 Å². The molecule has 0 radical (unpaired) electrons. The van der Waals surface area contributed by atoms with Gasteiger partial charge in [0.05, 0.1) is 0 Å². The van der Waals surface area contributed by atoms with Crippen LogP contribution in [0.1, 0.15) is 36.5 Å². The lowest BCUT2D eigenvalue weighted by Gasteiger charge is -2.13. The largest absolute Gasteiger partial charge is 0.330 e. The Kier molecular flexibility index (Phi) is 4.30. The molecule has 1 aromatic heterocycles. The Hall–Kier alpha value is -1.00. The number of rotatable bonds is 4. The summed E-state index contributed by atoms with van der Waals surface area (Å²) in [4.78, 5) is 11.6. The van der Waals surface area contributed by atoms with Gasteiger partial charge in [-0.25, -0.2) is 9.97 Å². The van der Waals surface area contributed by atoms with Gasteiger partial charge in [0.15, 0.2) is 0 Å². The van der Waals surface area contributed by atoms with Gasteiger partial charge in [-0.15, -0.1) is 0 Å². The number of hydrogen-bond donors (Lipinski definition) is 1. The molecule has 0 aromatic carbocycles. The van der Waals surface area contributed by atoms with Gasteiger partial charge in [-0.1, -0.05) is 6.92 Å². The molecule has 2 rings (SSSR count). The maximum atomic E-state index is 5.67. The van der Waals surface area contributed by atoms with Crippen LogP contribution in [-0.4, -0.2) is 41.5 Å². The van der Waals surface area contributed by atoms with Crippen LogP contribution in [0.5, 0.6) is 0 Å². The summed E-state index contributed by atoms with van der Waals surface area (Å²) in [6, 6.07) is 2.14. The number of likely N-dealkylation sites (tertiary alicyclic amines) is 1. The predicted molar refractivity (Wildman–Crippen MR) is 73.5 cm³/mol. The highest BCUT2D eigenvalue weighted by atomic mass is 15.1. The molecule has 0 aliphatic carbocycles. The lowest BCUT2D eigenvalue weighted by Crippen LogP contribution is -2.17. The molecule has 0 bridgehead atoms. The first-order valence-electron chi connectivity index (χ1n) is 6.81. The van der Waals surface area contributed by atoms with Gasteiger partial charge in [0.25, 0.3) is 0 Å². The van der Waals surface area contributed by atoms with Crippen LogP contribution in [0.4, 0.5) is 0 Å². The first kappa shape index (κ1) is 13.4. The standard InChI is InChI=1S/C14H24N4/c1-10(8-15)6-14-16-11(2)7-13(17-14)12-4-5-18(3)9-12/h7,10,12H,4-6,8-9,15H2,1-3H3. The lowest BCUT2D eigenvalue weighted by atomic mass is 10.0. The minimum absolute atomic E-state index is 0.450. The maximum Gasteiger partial charge on any atom is 0.129 e. The summed E-state index contributed by atoms with van der Waals surface area (Å²) in [5.41, 5.74) is 7.97. The van der Waals surface area contributed by atoms with E-state index >= 15 is 0 Å². The molecule has 1 aliphatic rings. The Balaban J connectivity index is 2.16. The zero-order chi connectivity index (χ0) is 13.1. The van der Waals surface area contributed by atoms with E-state index in [9.17, 15) is 0 Å². The molecule has 4 heteroatoms. The molecule has 4 nitrogen and oxygen atoms in total. The third-order valence-corrected chi connectivity index (χ3v) is 3.66. The third kappa shape index (κ3) is 3.27. The van der Waals surface area contributed by atoms with Crippen LogP contribution in [0.15, 0.2) is 6.07 Å². The van der Waals surface area contributed by atoms with Crippen LogP contribution in [0.3, 0.4) is 0 Å². The Bertz CT molecular complexity index is 405. The van der Waals surface area contributed by atoms with Crippen molar-refractivity contribution in [3.8, 4) is 0 Å². The molecule has 0 amide bonds. The number of aryl methyl sites for hydroxylation is 1. The van der Waals surface area contributed by atoms with Crippen molar-refractivity contribution in [3.05, 3.63) is 23.3 Å². The Morgan fingerprint density at radius 1 is 1.50 bits per heavy atom. The van der Waals surface area contributed by atoms with Gasteiger partial charge in [0, 0.05) is 30.3 Å². The highest BCUT2D eigenvalue weighted by Gasteiger charge is 2.23. The first-order chi connectivity index (χ1) is 8.58. The highest BCUT2D eigenvalue weighted by Crippen LogP contribution is 2.25. The maximum absolute atomic E-state index is 5.67. The summed E-state index contributed by atoms with van der Waals surface area (Å²) in [5.74, 6) is 1.98. The molecule has 1 fully saturated rings. The summed E-state index contributed by atoms with van der Waals surface area (Å²) >= 11 is 0. The van der Waals surface area contributed by atoms with Crippen LogP contribution < -0.4 is 5.73 Å². The molecule has 1 aromatic rings. The van der Waals surface area contributed by atoms with Crippen LogP contribution in [-0.2, 0) is 6.42 Å². The molecule has 0 saturated carbocycles. The second kappa shape index (κ2) is 5.76. The molecule has 0 spiro atoms. The van der Waals surface area contributed by atoms with E-state index in [1.807, 2.05) is 0 Å². The zero-order valence-electron chi connectivity index (χ0n) is 11.7. The van der Waals surface area contributed by atoms with Crippen molar-refractivity contribution in [1.82, 2.24) is 14.9 Å². The van der Waals surface area contributed by atoms with E-state index in [4.69, 9.17) is 10.7 Å². The number of nitrogens with zero attached hydrogens (tertiary/aromatic N) is 3. The fourth-order valence-electron chi connectivity index (χ4n) is 2.53. The zero-order valence-corrected chi connectivity index (χ0v) is 11.7. The highest BCUT2D eigenvalue weighted by molar-refractivity contribution is 5.16. The number of nitrogens with two attached hydrogens (primary N) is 1. The van der Waals surface area contributed by atoms with E-state index in [-0.39, 0.29) is 0 Å². The average molecular weight is 248 g/mol. The molecule has 2 N–H and O–H groups in total. The number of hydrogen-bond acceptors (Lipinski definition) is 4. The molecule has 1 aliphatic heterocycles. The summed E-state index contributed by atoms with van der Waals surface area (Å²) in [5, 5.41) is 0. The first-order valence-corrected chi connectivity index (χ1v) is 6.81. The molecule has 1 saturated heterocycles. The van der Waals surface area contributed by atoms with Gasteiger partial charge in [0.1, 0.15) is 5.82 Å². The average Bonchev–Trinajstić information content (AvgIpc) is 2.75. The molecular formula is C14H24N4. The van der Waals surface area contributed by atoms with Crippen LogP contribution >= 0.6 is 0 Å². The molecule has 2 atom stereocenters. The monoisotopic (exact) mass is 248 g/mol. The fraction of sp³-hybridized carbons (Fsp3) is 0.714. The minimum atomic E-state index is 0.450. The van der Waals surface area contributed by atoms with E-state index in [1.54, 1.807) is 0 Å². The van der Waals surface area contributed by atoms with Crippen molar-refractivity contribution >= 4 is 0 Å². The van der Waals surface area contributed by atoms with Crippen molar-refractivity contribution in [2.75, 3.05) is 26.7 Å². The van der Waals surface area contributed by atoms with Crippen molar-refractivity contribution in [3.63, 3.8) is 0 Å². The van der Waals surface area contributed by atoms with Crippen LogP contribution in [0.25, 0.3) is 0 Å². The van der Waals surface area contributed by atoms with Gasteiger partial charge < -0.3 is 10.6 Å². The topological polar surface area (TPSA) is 55.0 Å². The van der Waals surface area contributed by atoms with Gasteiger partial charge in [-0.2, -0.15) is 0 Å². The SMILES string of the molecule is Cc1cc(C2CCN(C)C2)nc(CC(C)CN)n1. The Morgan fingerprint density at radius 3 is 2.89 bits per heavy atom.